The van der Waals surface area contributed by atoms with E-state index in [2.05, 4.69) is 82.9 Å². The van der Waals surface area contributed by atoms with Crippen LogP contribution < -0.4 is 0 Å². The van der Waals surface area contributed by atoms with Crippen molar-refractivity contribution in [2.45, 2.75) is 125 Å². The van der Waals surface area contributed by atoms with Crippen LogP contribution in [0.2, 0.25) is 0 Å². The van der Waals surface area contributed by atoms with Crippen LogP contribution in [0.4, 0.5) is 0 Å². The monoisotopic (exact) mass is 530 g/mol. The van der Waals surface area contributed by atoms with Crippen molar-refractivity contribution in [3.05, 3.63) is 35.7 Å². The molecule has 0 bridgehead atoms. The molecule has 0 spiro atoms. The molecule has 0 radical (unpaired) electrons. The van der Waals surface area contributed by atoms with E-state index >= 15 is 0 Å². The van der Waals surface area contributed by atoms with Crippen molar-refractivity contribution in [2.75, 3.05) is 0 Å². The Labute approximate surface area is 238 Å². The number of fused-ring (bicyclic) bond motifs is 5. The lowest BCUT2D eigenvalue weighted by molar-refractivity contribution is -0.138. The van der Waals surface area contributed by atoms with E-state index in [0.29, 0.717) is 22.6 Å². The minimum absolute atomic E-state index is 0.146. The van der Waals surface area contributed by atoms with Crippen LogP contribution >= 0.6 is 0 Å². The van der Waals surface area contributed by atoms with Crippen LogP contribution in [-0.2, 0) is 11.8 Å². The summed E-state index contributed by atoms with van der Waals surface area (Å²) in [5, 5.41) is 8.98. The highest BCUT2D eigenvalue weighted by Gasteiger charge is 2.61. The van der Waals surface area contributed by atoms with Gasteiger partial charge < -0.3 is 4.42 Å². The van der Waals surface area contributed by atoms with Gasteiger partial charge in [-0.2, -0.15) is 0 Å². The Balaban J connectivity index is 1.16. The molecule has 6 rings (SSSR count). The van der Waals surface area contributed by atoms with Gasteiger partial charge in [0.1, 0.15) is 0 Å². The van der Waals surface area contributed by atoms with Crippen LogP contribution in [0.5, 0.6) is 0 Å². The van der Waals surface area contributed by atoms with Crippen LogP contribution in [0.3, 0.4) is 0 Å². The Morgan fingerprint density at radius 2 is 1.64 bits per heavy atom. The number of rotatable bonds is 5. The molecule has 4 saturated carbocycles. The summed E-state index contributed by atoms with van der Waals surface area (Å²) < 4.78 is 6.26. The molecule has 214 valence electrons. The molecule has 1 aromatic heterocycles. The van der Waals surface area contributed by atoms with Crippen molar-refractivity contribution in [1.82, 2.24) is 10.2 Å². The molecule has 4 aliphatic carbocycles. The van der Waals surface area contributed by atoms with E-state index in [4.69, 9.17) is 4.42 Å². The summed E-state index contributed by atoms with van der Waals surface area (Å²) in [7, 11) is 0. The van der Waals surface area contributed by atoms with Crippen molar-refractivity contribution in [2.24, 2.45) is 52.3 Å². The average molecular weight is 531 g/mol. The first kappa shape index (κ1) is 27.5. The van der Waals surface area contributed by atoms with Crippen LogP contribution in [0.1, 0.15) is 124 Å². The molecule has 1 aromatic carbocycles. The summed E-state index contributed by atoms with van der Waals surface area (Å²) in [6, 6.07) is 8.66. The van der Waals surface area contributed by atoms with Gasteiger partial charge in [-0.05, 0) is 120 Å². The maximum absolute atomic E-state index is 6.26. The summed E-state index contributed by atoms with van der Waals surface area (Å²) in [4.78, 5) is 0. The van der Waals surface area contributed by atoms with Crippen molar-refractivity contribution in [1.29, 1.82) is 0 Å². The van der Waals surface area contributed by atoms with Gasteiger partial charge in [0.25, 0.3) is 0 Å². The molecular formula is C36H54N2O. The van der Waals surface area contributed by atoms with Gasteiger partial charge >= 0.3 is 0 Å². The molecular weight excluding hydrogens is 476 g/mol. The van der Waals surface area contributed by atoms with E-state index in [-0.39, 0.29) is 5.41 Å². The third kappa shape index (κ3) is 4.62. The normalized spacial score (nSPS) is 39.1. The van der Waals surface area contributed by atoms with E-state index in [1.807, 2.05) is 0 Å². The predicted molar refractivity (Wildman–Crippen MR) is 160 cm³/mol. The fourth-order valence-corrected chi connectivity index (χ4v) is 11.0. The van der Waals surface area contributed by atoms with Crippen molar-refractivity contribution in [3.63, 3.8) is 0 Å². The zero-order chi connectivity index (χ0) is 27.6. The highest BCUT2D eigenvalue weighted by atomic mass is 16.4. The van der Waals surface area contributed by atoms with Gasteiger partial charge in [-0.25, -0.2) is 0 Å². The first-order chi connectivity index (χ1) is 18.5. The van der Waals surface area contributed by atoms with Crippen molar-refractivity contribution < 1.29 is 4.42 Å². The lowest BCUT2D eigenvalue weighted by Gasteiger charge is -2.63. The fraction of sp³-hybridized carbons (Fsp3) is 0.778. The molecule has 0 N–H and O–H groups in total. The Morgan fingerprint density at radius 1 is 0.897 bits per heavy atom. The van der Waals surface area contributed by atoms with Crippen molar-refractivity contribution >= 4 is 0 Å². The summed E-state index contributed by atoms with van der Waals surface area (Å²) in [6.07, 6.45) is 15.5. The smallest absolute Gasteiger partial charge is 0.247 e. The summed E-state index contributed by atoms with van der Waals surface area (Å²) in [5.41, 5.74) is 3.58. The van der Waals surface area contributed by atoms with Gasteiger partial charge in [-0.15, -0.1) is 10.2 Å². The maximum Gasteiger partial charge on any atom is 0.247 e. The quantitative estimate of drug-likeness (QED) is 0.386. The maximum atomic E-state index is 6.26. The highest BCUT2D eigenvalue weighted by molar-refractivity contribution is 5.53. The van der Waals surface area contributed by atoms with Crippen molar-refractivity contribution in [3.8, 4) is 11.5 Å². The van der Waals surface area contributed by atoms with Gasteiger partial charge in [-0.1, -0.05) is 79.9 Å². The Morgan fingerprint density at radius 3 is 2.36 bits per heavy atom. The van der Waals surface area contributed by atoms with E-state index in [1.165, 1.54) is 69.8 Å². The molecule has 6 unspecified atom stereocenters. The van der Waals surface area contributed by atoms with E-state index in [0.717, 1.165) is 53.4 Å². The fourth-order valence-electron chi connectivity index (χ4n) is 11.0. The predicted octanol–water partition coefficient (Wildman–Crippen LogP) is 9.90. The van der Waals surface area contributed by atoms with Crippen LogP contribution in [0.15, 0.2) is 28.7 Å². The lowest BCUT2D eigenvalue weighted by atomic mass is 9.42. The van der Waals surface area contributed by atoms with Gasteiger partial charge in [0.05, 0.1) is 0 Å². The lowest BCUT2D eigenvalue weighted by Crippen LogP contribution is -2.55. The molecule has 0 amide bonds. The Hall–Kier alpha value is -1.64. The first-order valence-electron chi connectivity index (χ1n) is 16.5. The zero-order valence-corrected chi connectivity index (χ0v) is 25.9. The summed E-state index contributed by atoms with van der Waals surface area (Å²) in [6.45, 7) is 17.1. The van der Waals surface area contributed by atoms with E-state index < -0.39 is 0 Å². The topological polar surface area (TPSA) is 38.9 Å². The SMILES string of the molecule is CC[C@H]1CC2C3CCC([C@H](C)Cc4nnc(-c5ccc(C(C)(C)C)cc5)o4)C3(C)CC[C@@H]2C2(C)CCCCC12. The highest BCUT2D eigenvalue weighted by Crippen LogP contribution is 2.69. The molecule has 0 aliphatic heterocycles. The molecule has 2 aromatic rings. The molecule has 4 fully saturated rings. The Bertz CT molecular complexity index is 1140. The van der Waals surface area contributed by atoms with Crippen LogP contribution in [0, 0.1) is 52.3 Å². The molecule has 0 saturated heterocycles. The van der Waals surface area contributed by atoms with Gasteiger partial charge in [0.15, 0.2) is 0 Å². The van der Waals surface area contributed by atoms with Crippen LogP contribution in [0.25, 0.3) is 11.5 Å². The number of benzene rings is 1. The minimum Gasteiger partial charge on any atom is -0.421 e. The first-order valence-corrected chi connectivity index (χ1v) is 16.5. The standard InChI is InChI=1S/C36H54N2O/c1-8-24-22-27-30-17-16-28(36(30,7)20-18-31(27)35(6)19-10-9-11-29(24)35)23(2)21-32-37-38-33(39-32)25-12-14-26(15-13-25)34(3,4)5/h12-15,23-24,27-31H,8-11,16-22H2,1-7H3/t23-,24+,27?,28?,29?,30?,31+,35?,36?/m1/s1. The zero-order valence-electron chi connectivity index (χ0n) is 25.9. The van der Waals surface area contributed by atoms with Crippen LogP contribution in [-0.4, -0.2) is 10.2 Å². The molecule has 4 aliphatic rings. The number of hydrogen-bond donors (Lipinski definition) is 0. The second-order valence-electron chi connectivity index (χ2n) is 15.9. The minimum atomic E-state index is 0.146. The second-order valence-corrected chi connectivity index (χ2v) is 15.9. The third-order valence-electron chi connectivity index (χ3n) is 13.0. The molecule has 39 heavy (non-hydrogen) atoms. The van der Waals surface area contributed by atoms with E-state index in [1.54, 1.807) is 0 Å². The second kappa shape index (κ2) is 10.0. The molecule has 9 atom stereocenters. The Kier molecular flexibility index (Phi) is 7.07. The third-order valence-corrected chi connectivity index (χ3v) is 13.0. The van der Waals surface area contributed by atoms with Gasteiger partial charge in [0, 0.05) is 12.0 Å². The molecule has 3 nitrogen and oxygen atoms in total. The van der Waals surface area contributed by atoms with Gasteiger partial charge in [-0.3, -0.25) is 0 Å². The largest absolute Gasteiger partial charge is 0.421 e. The number of hydrogen-bond acceptors (Lipinski definition) is 3. The van der Waals surface area contributed by atoms with Gasteiger partial charge in [0.2, 0.25) is 11.8 Å². The molecule has 3 heteroatoms. The summed E-state index contributed by atoms with van der Waals surface area (Å²) in [5.74, 6) is 7.63. The number of aromatic nitrogens is 2. The average Bonchev–Trinajstić information content (AvgIpc) is 3.51. The molecule has 1 heterocycles. The number of nitrogens with zero attached hydrogens (tertiary/aromatic N) is 2. The summed E-state index contributed by atoms with van der Waals surface area (Å²) >= 11 is 0. The van der Waals surface area contributed by atoms with E-state index in [9.17, 15) is 0 Å².